The topological polar surface area (TPSA) is 65.9 Å². The van der Waals surface area contributed by atoms with Crippen molar-refractivity contribution in [1.82, 2.24) is 10.6 Å². The molecule has 1 saturated heterocycles. The second kappa shape index (κ2) is 10.0. The van der Waals surface area contributed by atoms with Gasteiger partial charge in [-0.25, -0.2) is 0 Å². The van der Waals surface area contributed by atoms with Crippen LogP contribution in [0.2, 0.25) is 0 Å². The van der Waals surface area contributed by atoms with E-state index >= 15 is 0 Å². The Kier molecular flexibility index (Phi) is 8.74. The van der Waals surface area contributed by atoms with Gasteiger partial charge in [-0.05, 0) is 18.4 Å². The normalized spacial score (nSPS) is 21.3. The molecule has 1 aromatic carbocycles. The molecule has 124 valence electrons. The van der Waals surface area contributed by atoms with Crippen LogP contribution in [-0.4, -0.2) is 44.5 Å². The van der Waals surface area contributed by atoms with E-state index in [9.17, 15) is 5.11 Å². The number of hydrogen-bond donors (Lipinski definition) is 3. The number of ether oxygens (including phenoxy) is 1. The first-order valence-corrected chi connectivity index (χ1v) is 7.45. The number of hydrogen-bond acceptors (Lipinski definition) is 3. The van der Waals surface area contributed by atoms with Gasteiger partial charge in [0, 0.05) is 38.8 Å². The van der Waals surface area contributed by atoms with Crippen LogP contribution >= 0.6 is 24.0 Å². The number of rotatable bonds is 6. The van der Waals surface area contributed by atoms with E-state index in [-0.39, 0.29) is 36.0 Å². The minimum atomic E-state index is 0. The predicted octanol–water partition coefficient (Wildman–Crippen LogP) is 1.76. The van der Waals surface area contributed by atoms with Crippen molar-refractivity contribution in [3.05, 3.63) is 35.9 Å². The molecular formula is C16H26IN3O2. The Bertz CT molecular complexity index is 448. The zero-order chi connectivity index (χ0) is 15.0. The Balaban J connectivity index is 0.00000242. The van der Waals surface area contributed by atoms with E-state index in [0.29, 0.717) is 6.61 Å². The van der Waals surface area contributed by atoms with Gasteiger partial charge < -0.3 is 20.5 Å². The lowest BCUT2D eigenvalue weighted by Crippen LogP contribution is -2.44. The van der Waals surface area contributed by atoms with Gasteiger partial charge in [0.25, 0.3) is 0 Å². The fourth-order valence-corrected chi connectivity index (χ4v) is 2.59. The maximum absolute atomic E-state index is 9.24. The van der Waals surface area contributed by atoms with E-state index in [2.05, 4.69) is 27.8 Å². The average Bonchev–Trinajstić information content (AvgIpc) is 2.98. The molecule has 1 atom stereocenters. The highest BCUT2D eigenvalue weighted by atomic mass is 127. The van der Waals surface area contributed by atoms with E-state index in [1.165, 1.54) is 5.56 Å². The van der Waals surface area contributed by atoms with Gasteiger partial charge in [0.2, 0.25) is 0 Å². The minimum Gasteiger partial charge on any atom is -0.396 e. The lowest BCUT2D eigenvalue weighted by atomic mass is 9.84. The summed E-state index contributed by atoms with van der Waals surface area (Å²) >= 11 is 0. The monoisotopic (exact) mass is 419 g/mol. The van der Waals surface area contributed by atoms with Crippen LogP contribution in [0.15, 0.2) is 35.3 Å². The van der Waals surface area contributed by atoms with Crippen molar-refractivity contribution in [2.24, 2.45) is 10.4 Å². The summed E-state index contributed by atoms with van der Waals surface area (Å²) in [6, 6.07) is 10.2. The molecule has 1 fully saturated rings. The molecule has 6 heteroatoms. The number of nitrogens with zero attached hydrogens (tertiary/aromatic N) is 1. The number of aliphatic hydroxyl groups excluding tert-OH is 1. The maximum atomic E-state index is 9.24. The zero-order valence-corrected chi connectivity index (χ0v) is 15.4. The third kappa shape index (κ3) is 5.73. The van der Waals surface area contributed by atoms with Gasteiger partial charge in [-0.3, -0.25) is 4.99 Å². The van der Waals surface area contributed by atoms with Crippen LogP contribution in [0.1, 0.15) is 18.4 Å². The van der Waals surface area contributed by atoms with Crippen molar-refractivity contribution < 1.29 is 9.84 Å². The van der Waals surface area contributed by atoms with Crippen LogP contribution in [0.3, 0.4) is 0 Å². The first-order valence-electron chi connectivity index (χ1n) is 7.45. The molecule has 0 radical (unpaired) electrons. The quantitative estimate of drug-likeness (QED) is 0.374. The van der Waals surface area contributed by atoms with Crippen molar-refractivity contribution >= 4 is 29.9 Å². The third-order valence-electron chi connectivity index (χ3n) is 3.98. The number of aliphatic imine (C=N–C) groups is 1. The van der Waals surface area contributed by atoms with Crippen molar-refractivity contribution in [2.75, 3.05) is 33.4 Å². The fourth-order valence-electron chi connectivity index (χ4n) is 2.59. The van der Waals surface area contributed by atoms with Crippen molar-refractivity contribution in [3.8, 4) is 0 Å². The molecular weight excluding hydrogens is 393 g/mol. The van der Waals surface area contributed by atoms with Crippen molar-refractivity contribution in [1.29, 1.82) is 0 Å². The lowest BCUT2D eigenvalue weighted by molar-refractivity contribution is 0.127. The van der Waals surface area contributed by atoms with Gasteiger partial charge in [0.05, 0.1) is 6.61 Å². The number of benzene rings is 1. The molecule has 2 rings (SSSR count). The molecule has 1 aliphatic heterocycles. The second-order valence-electron chi connectivity index (χ2n) is 5.54. The molecule has 1 aliphatic rings. The molecule has 0 bridgehead atoms. The molecule has 0 aromatic heterocycles. The third-order valence-corrected chi connectivity index (χ3v) is 3.98. The molecule has 1 aromatic rings. The van der Waals surface area contributed by atoms with Crippen LogP contribution in [0, 0.1) is 5.41 Å². The highest BCUT2D eigenvalue weighted by Crippen LogP contribution is 2.31. The van der Waals surface area contributed by atoms with Crippen molar-refractivity contribution in [3.63, 3.8) is 0 Å². The standard InChI is InChI=1S/C16H25N3O2.HI/c1-17-15(18-11-14-5-3-2-4-6-14)19-12-16(7-9-20)8-10-21-13-16;/h2-6,20H,7-13H2,1H3,(H2,17,18,19);1H. The number of aliphatic hydroxyl groups is 1. The fraction of sp³-hybridized carbons (Fsp3) is 0.562. The van der Waals surface area contributed by atoms with E-state index in [0.717, 1.165) is 38.5 Å². The first-order chi connectivity index (χ1) is 10.3. The summed E-state index contributed by atoms with van der Waals surface area (Å²) in [5, 5.41) is 15.9. The summed E-state index contributed by atoms with van der Waals surface area (Å²) in [5.74, 6) is 0.781. The summed E-state index contributed by atoms with van der Waals surface area (Å²) in [4.78, 5) is 4.25. The van der Waals surface area contributed by atoms with E-state index < -0.39 is 0 Å². The van der Waals surface area contributed by atoms with Crippen molar-refractivity contribution in [2.45, 2.75) is 19.4 Å². The summed E-state index contributed by atoms with van der Waals surface area (Å²) in [6.07, 6.45) is 1.74. The van der Waals surface area contributed by atoms with Crippen LogP contribution in [0.4, 0.5) is 0 Å². The predicted molar refractivity (Wildman–Crippen MR) is 99.6 cm³/mol. The Morgan fingerprint density at radius 1 is 1.32 bits per heavy atom. The van der Waals surface area contributed by atoms with Crippen LogP contribution in [0.25, 0.3) is 0 Å². The highest BCUT2D eigenvalue weighted by molar-refractivity contribution is 14.0. The van der Waals surface area contributed by atoms with Crippen LogP contribution in [-0.2, 0) is 11.3 Å². The highest BCUT2D eigenvalue weighted by Gasteiger charge is 2.34. The van der Waals surface area contributed by atoms with E-state index in [1.807, 2.05) is 18.2 Å². The number of halogens is 1. The van der Waals surface area contributed by atoms with Crippen LogP contribution < -0.4 is 10.6 Å². The Morgan fingerprint density at radius 2 is 2.09 bits per heavy atom. The summed E-state index contributed by atoms with van der Waals surface area (Å²) in [7, 11) is 1.77. The van der Waals surface area contributed by atoms with Crippen LogP contribution in [0.5, 0.6) is 0 Å². The average molecular weight is 419 g/mol. The molecule has 0 spiro atoms. The van der Waals surface area contributed by atoms with E-state index in [4.69, 9.17) is 4.74 Å². The molecule has 0 saturated carbocycles. The minimum absolute atomic E-state index is 0. The largest absolute Gasteiger partial charge is 0.396 e. The molecule has 0 amide bonds. The first kappa shape index (κ1) is 19.2. The lowest BCUT2D eigenvalue weighted by Gasteiger charge is -2.27. The van der Waals surface area contributed by atoms with Gasteiger partial charge in [-0.1, -0.05) is 30.3 Å². The number of guanidine groups is 1. The van der Waals surface area contributed by atoms with Gasteiger partial charge in [0.1, 0.15) is 0 Å². The summed E-state index contributed by atoms with van der Waals surface area (Å²) < 4.78 is 5.50. The Morgan fingerprint density at radius 3 is 2.68 bits per heavy atom. The Labute approximate surface area is 149 Å². The van der Waals surface area contributed by atoms with Gasteiger partial charge in [-0.2, -0.15) is 0 Å². The van der Waals surface area contributed by atoms with Gasteiger partial charge >= 0.3 is 0 Å². The SMILES string of the molecule is CN=C(NCc1ccccc1)NCC1(CCO)CCOC1.I. The summed E-state index contributed by atoms with van der Waals surface area (Å²) in [5.41, 5.74) is 1.24. The van der Waals surface area contributed by atoms with E-state index in [1.54, 1.807) is 7.05 Å². The zero-order valence-electron chi connectivity index (χ0n) is 13.0. The maximum Gasteiger partial charge on any atom is 0.191 e. The molecule has 1 heterocycles. The second-order valence-corrected chi connectivity index (χ2v) is 5.54. The Hall–Kier alpha value is -0.860. The molecule has 3 N–H and O–H groups in total. The molecule has 0 aliphatic carbocycles. The molecule has 22 heavy (non-hydrogen) atoms. The van der Waals surface area contributed by atoms with Gasteiger partial charge in [-0.15, -0.1) is 24.0 Å². The van der Waals surface area contributed by atoms with Gasteiger partial charge in [0.15, 0.2) is 5.96 Å². The molecule has 1 unspecified atom stereocenters. The smallest absolute Gasteiger partial charge is 0.191 e. The molecule has 5 nitrogen and oxygen atoms in total. The summed E-state index contributed by atoms with van der Waals surface area (Å²) in [6.45, 7) is 3.18. The number of nitrogens with one attached hydrogen (secondary N) is 2.